The smallest absolute Gasteiger partial charge is 0.260 e. The van der Waals surface area contributed by atoms with Gasteiger partial charge >= 0.3 is 0 Å². The average Bonchev–Trinajstić information content (AvgIpc) is 3.15. The van der Waals surface area contributed by atoms with Gasteiger partial charge in [0.2, 0.25) is 0 Å². The van der Waals surface area contributed by atoms with Gasteiger partial charge in [0, 0.05) is 17.1 Å². The number of halogens is 1. The third kappa shape index (κ3) is 4.80. The Morgan fingerprint density at radius 3 is 2.50 bits per heavy atom. The number of rotatable bonds is 7. The molecule has 0 aliphatic rings. The number of nitrogens with zero attached hydrogens (tertiary/aromatic N) is 1. The molecule has 0 atom stereocenters. The third-order valence-corrected chi connectivity index (χ3v) is 4.64. The van der Waals surface area contributed by atoms with Crippen molar-refractivity contribution in [1.82, 2.24) is 4.90 Å². The van der Waals surface area contributed by atoms with E-state index in [-0.39, 0.29) is 23.8 Å². The summed E-state index contributed by atoms with van der Waals surface area (Å²) in [6, 6.07) is 18.0. The van der Waals surface area contributed by atoms with Crippen LogP contribution in [-0.4, -0.2) is 30.4 Å². The van der Waals surface area contributed by atoms with Crippen LogP contribution in [0.15, 0.2) is 69.6 Å². The minimum absolute atomic E-state index is 0.207. The Morgan fingerprint density at radius 1 is 1.07 bits per heavy atom. The van der Waals surface area contributed by atoms with Crippen LogP contribution in [0.2, 0.25) is 0 Å². The van der Waals surface area contributed by atoms with Gasteiger partial charge in [0.25, 0.3) is 11.8 Å². The summed E-state index contributed by atoms with van der Waals surface area (Å²) in [6.07, 6.45) is 0. The van der Waals surface area contributed by atoms with Gasteiger partial charge in [-0.25, -0.2) is 0 Å². The van der Waals surface area contributed by atoms with Gasteiger partial charge in [0.05, 0.1) is 12.1 Å². The predicted octanol–water partition coefficient (Wildman–Crippen LogP) is 3.85. The van der Waals surface area contributed by atoms with Gasteiger partial charge in [-0.15, -0.1) is 0 Å². The number of likely N-dealkylation sites (N-methyl/N-ethyl adjacent to an activating group) is 1. The molecule has 0 fully saturated rings. The van der Waals surface area contributed by atoms with Crippen LogP contribution in [0, 0.1) is 0 Å². The van der Waals surface area contributed by atoms with Crippen molar-refractivity contribution >= 4 is 27.7 Å². The fraction of sp³-hybridized carbons (Fsp3) is 0.143. The van der Waals surface area contributed by atoms with Crippen molar-refractivity contribution in [3.05, 3.63) is 76.5 Å². The van der Waals surface area contributed by atoms with E-state index in [0.717, 1.165) is 15.8 Å². The number of carbonyl (C=O) groups is 2. The summed E-state index contributed by atoms with van der Waals surface area (Å²) in [5.74, 6) is 0.821. The van der Waals surface area contributed by atoms with Crippen LogP contribution in [0.5, 0.6) is 5.75 Å². The van der Waals surface area contributed by atoms with Gasteiger partial charge in [-0.05, 0) is 36.4 Å². The van der Waals surface area contributed by atoms with E-state index in [1.165, 1.54) is 4.90 Å². The molecule has 7 heteroatoms. The van der Waals surface area contributed by atoms with Crippen molar-refractivity contribution in [3.8, 4) is 17.1 Å². The Bertz CT molecular complexity index is 982. The summed E-state index contributed by atoms with van der Waals surface area (Å²) in [7, 11) is 1.66. The van der Waals surface area contributed by atoms with Gasteiger partial charge in [-0.1, -0.05) is 40.2 Å². The van der Waals surface area contributed by atoms with E-state index >= 15 is 0 Å². The topological polar surface area (TPSA) is 85.8 Å². The number of ether oxygens (including phenoxy) is 1. The van der Waals surface area contributed by atoms with Gasteiger partial charge in [0.1, 0.15) is 17.3 Å². The van der Waals surface area contributed by atoms with Gasteiger partial charge in [-0.2, -0.15) is 0 Å². The molecule has 0 bridgehead atoms. The number of nitrogens with two attached hydrogens (primary N) is 1. The lowest BCUT2D eigenvalue weighted by atomic mass is 10.2. The molecule has 1 heterocycles. The summed E-state index contributed by atoms with van der Waals surface area (Å²) in [5.41, 5.74) is 6.50. The Labute approximate surface area is 171 Å². The first-order valence-corrected chi connectivity index (χ1v) is 9.33. The second-order valence-corrected chi connectivity index (χ2v) is 7.09. The number of furan rings is 1. The molecule has 6 nitrogen and oxygen atoms in total. The summed E-state index contributed by atoms with van der Waals surface area (Å²) in [6.45, 7) is 0.0945. The molecule has 2 amide bonds. The first-order valence-electron chi connectivity index (χ1n) is 8.54. The molecule has 0 saturated heterocycles. The molecule has 0 radical (unpaired) electrons. The predicted molar refractivity (Wildman–Crippen MR) is 109 cm³/mol. The van der Waals surface area contributed by atoms with E-state index in [2.05, 4.69) is 15.9 Å². The number of carbonyl (C=O) groups excluding carboxylic acids is 2. The monoisotopic (exact) mass is 442 g/mol. The van der Waals surface area contributed by atoms with Crippen LogP contribution in [0.4, 0.5) is 0 Å². The third-order valence-electron chi connectivity index (χ3n) is 4.11. The molecule has 2 aromatic carbocycles. The van der Waals surface area contributed by atoms with E-state index in [9.17, 15) is 9.59 Å². The van der Waals surface area contributed by atoms with Crippen LogP contribution < -0.4 is 10.5 Å². The minimum atomic E-state index is -0.604. The van der Waals surface area contributed by atoms with Crippen molar-refractivity contribution in [2.45, 2.75) is 6.54 Å². The van der Waals surface area contributed by atoms with E-state index in [0.29, 0.717) is 12.3 Å². The molecule has 0 saturated carbocycles. The highest BCUT2D eigenvalue weighted by molar-refractivity contribution is 9.10. The molecule has 0 unspecified atom stereocenters. The lowest BCUT2D eigenvalue weighted by Crippen LogP contribution is -2.31. The van der Waals surface area contributed by atoms with Gasteiger partial charge in [0.15, 0.2) is 6.61 Å². The first kappa shape index (κ1) is 19.7. The van der Waals surface area contributed by atoms with Crippen LogP contribution in [0.1, 0.15) is 16.1 Å². The number of amides is 2. The zero-order chi connectivity index (χ0) is 20.1. The molecular formula is C21H19BrN2O4. The number of primary amides is 1. The van der Waals surface area contributed by atoms with E-state index in [4.69, 9.17) is 14.9 Å². The van der Waals surface area contributed by atoms with Crippen molar-refractivity contribution < 1.29 is 18.7 Å². The number of para-hydroxylation sites is 1. The Balaban J connectivity index is 1.59. The van der Waals surface area contributed by atoms with E-state index in [1.54, 1.807) is 31.3 Å². The van der Waals surface area contributed by atoms with Crippen molar-refractivity contribution in [1.29, 1.82) is 0 Å². The molecule has 1 aromatic heterocycles. The van der Waals surface area contributed by atoms with Crippen molar-refractivity contribution in [2.24, 2.45) is 5.73 Å². The lowest BCUT2D eigenvalue weighted by molar-refractivity contribution is -0.132. The second kappa shape index (κ2) is 8.75. The standard InChI is InChI=1S/C21H19BrN2O4/c1-24(20(25)13-27-19-5-3-2-4-17(19)21(23)26)12-16-10-11-18(28-16)14-6-8-15(22)9-7-14/h2-11H,12-13H2,1H3,(H2,23,26). The summed E-state index contributed by atoms with van der Waals surface area (Å²) in [5, 5.41) is 0. The highest BCUT2D eigenvalue weighted by Crippen LogP contribution is 2.24. The van der Waals surface area contributed by atoms with Crippen LogP contribution >= 0.6 is 15.9 Å². The summed E-state index contributed by atoms with van der Waals surface area (Å²) >= 11 is 3.40. The maximum Gasteiger partial charge on any atom is 0.260 e. The highest BCUT2D eigenvalue weighted by atomic mass is 79.9. The zero-order valence-electron chi connectivity index (χ0n) is 15.2. The fourth-order valence-corrected chi connectivity index (χ4v) is 2.86. The normalized spacial score (nSPS) is 10.5. The molecule has 2 N–H and O–H groups in total. The van der Waals surface area contributed by atoms with Gasteiger partial charge in [-0.3, -0.25) is 9.59 Å². The Kier molecular flexibility index (Phi) is 6.16. The number of hydrogen-bond donors (Lipinski definition) is 1. The largest absolute Gasteiger partial charge is 0.483 e. The van der Waals surface area contributed by atoms with E-state index < -0.39 is 5.91 Å². The molecule has 0 aliphatic carbocycles. The SMILES string of the molecule is CN(Cc1ccc(-c2ccc(Br)cc2)o1)C(=O)COc1ccccc1C(N)=O. The molecular weight excluding hydrogens is 424 g/mol. The van der Waals surface area contributed by atoms with Gasteiger partial charge < -0.3 is 19.8 Å². The second-order valence-electron chi connectivity index (χ2n) is 6.17. The fourth-order valence-electron chi connectivity index (χ4n) is 2.60. The molecule has 0 aliphatic heterocycles. The highest BCUT2D eigenvalue weighted by Gasteiger charge is 2.15. The Hall–Kier alpha value is -3.06. The molecule has 144 valence electrons. The van der Waals surface area contributed by atoms with Crippen LogP contribution in [0.25, 0.3) is 11.3 Å². The van der Waals surface area contributed by atoms with E-state index in [1.807, 2.05) is 36.4 Å². The minimum Gasteiger partial charge on any atom is -0.483 e. The molecule has 0 spiro atoms. The summed E-state index contributed by atoms with van der Waals surface area (Å²) in [4.78, 5) is 25.3. The Morgan fingerprint density at radius 2 is 1.79 bits per heavy atom. The van der Waals surface area contributed by atoms with Crippen molar-refractivity contribution in [2.75, 3.05) is 13.7 Å². The zero-order valence-corrected chi connectivity index (χ0v) is 16.8. The molecule has 3 aromatic rings. The summed E-state index contributed by atoms with van der Waals surface area (Å²) < 4.78 is 12.3. The van der Waals surface area contributed by atoms with Crippen LogP contribution in [0.3, 0.4) is 0 Å². The molecule has 28 heavy (non-hydrogen) atoms. The number of benzene rings is 2. The van der Waals surface area contributed by atoms with Crippen LogP contribution in [-0.2, 0) is 11.3 Å². The average molecular weight is 443 g/mol. The quantitative estimate of drug-likeness (QED) is 0.601. The molecule has 3 rings (SSSR count). The maximum atomic E-state index is 12.4. The first-order chi connectivity index (χ1) is 13.4. The lowest BCUT2D eigenvalue weighted by Gasteiger charge is -2.16. The van der Waals surface area contributed by atoms with Crippen molar-refractivity contribution in [3.63, 3.8) is 0 Å². The maximum absolute atomic E-state index is 12.4. The number of hydrogen-bond acceptors (Lipinski definition) is 4.